The molecule has 3 N–H and O–H groups in total. The summed E-state index contributed by atoms with van der Waals surface area (Å²) in [4.78, 5) is 14.8. The van der Waals surface area contributed by atoms with Gasteiger partial charge in [0.1, 0.15) is 16.6 Å². The minimum Gasteiger partial charge on any atom is -0.396 e. The number of hydrogen-bond acceptors (Lipinski definition) is 6. The Balaban J connectivity index is 1.74. The quantitative estimate of drug-likeness (QED) is 0.679. The van der Waals surface area contributed by atoms with Gasteiger partial charge in [-0.2, -0.15) is 4.98 Å². The van der Waals surface area contributed by atoms with E-state index in [4.69, 9.17) is 28.9 Å². The molecule has 0 saturated carbocycles. The molecule has 0 aliphatic carbocycles. The van der Waals surface area contributed by atoms with Crippen LogP contribution in [0.15, 0.2) is 18.5 Å². The highest BCUT2D eigenvalue weighted by atomic mass is 35.5. The van der Waals surface area contributed by atoms with Gasteiger partial charge in [0, 0.05) is 55.0 Å². The Morgan fingerprint density at radius 3 is 2.92 bits per heavy atom. The number of aromatic nitrogens is 4. The molecule has 4 heterocycles. The first kappa shape index (κ1) is 16.4. The van der Waals surface area contributed by atoms with E-state index in [-0.39, 0.29) is 23.6 Å². The third-order valence-corrected chi connectivity index (χ3v) is 5.26. The van der Waals surface area contributed by atoms with Crippen molar-refractivity contribution in [3.63, 3.8) is 0 Å². The van der Waals surface area contributed by atoms with Crippen LogP contribution in [0.2, 0.25) is 10.2 Å². The number of nitrogen functional groups attached to an aromatic ring is 1. The van der Waals surface area contributed by atoms with Crippen LogP contribution in [-0.2, 0) is 13.6 Å². The maximum absolute atomic E-state index is 9.68. The van der Waals surface area contributed by atoms with Crippen molar-refractivity contribution < 1.29 is 5.11 Å². The number of aliphatic hydroxyl groups excluding tert-OH is 1. The lowest BCUT2D eigenvalue weighted by molar-refractivity contribution is 0.270. The van der Waals surface area contributed by atoms with Crippen molar-refractivity contribution in [2.45, 2.75) is 12.5 Å². The molecule has 0 fully saturated rings. The van der Waals surface area contributed by atoms with Crippen LogP contribution < -0.4 is 10.6 Å². The van der Waals surface area contributed by atoms with E-state index in [0.717, 1.165) is 22.2 Å². The molecule has 9 heteroatoms. The fourth-order valence-electron chi connectivity index (χ4n) is 3.31. The summed E-state index contributed by atoms with van der Waals surface area (Å²) in [6.45, 7) is 1.01. The number of hydrogen-bond donors (Lipinski definition) is 2. The predicted molar refractivity (Wildman–Crippen MR) is 98.1 cm³/mol. The lowest BCUT2D eigenvalue weighted by atomic mass is 10.1. The first-order chi connectivity index (χ1) is 12.0. The van der Waals surface area contributed by atoms with E-state index in [1.807, 2.05) is 28.8 Å². The highest BCUT2D eigenvalue weighted by Crippen LogP contribution is 2.40. The van der Waals surface area contributed by atoms with Gasteiger partial charge in [-0.1, -0.05) is 23.2 Å². The molecule has 3 aromatic heterocycles. The van der Waals surface area contributed by atoms with Gasteiger partial charge < -0.3 is 20.3 Å². The van der Waals surface area contributed by atoms with Gasteiger partial charge in [0.05, 0.1) is 11.6 Å². The lowest BCUT2D eigenvalue weighted by Gasteiger charge is -2.19. The molecule has 0 spiro atoms. The van der Waals surface area contributed by atoms with Crippen molar-refractivity contribution in [1.29, 1.82) is 0 Å². The van der Waals surface area contributed by atoms with Crippen LogP contribution in [0.5, 0.6) is 0 Å². The number of pyridine rings is 1. The summed E-state index contributed by atoms with van der Waals surface area (Å²) in [5.74, 6) is 0.589. The molecule has 0 bridgehead atoms. The molecule has 1 atom stereocenters. The minimum absolute atomic E-state index is 0.0415. The Morgan fingerprint density at radius 2 is 2.16 bits per heavy atom. The van der Waals surface area contributed by atoms with E-state index < -0.39 is 0 Å². The third kappa shape index (κ3) is 2.59. The van der Waals surface area contributed by atoms with Crippen molar-refractivity contribution in [3.05, 3.63) is 39.8 Å². The SMILES string of the molecule is Cn1ccc2c(Cl)c(CN3CC(CO)c4c(Cl)nc(N)nc43)cnc21. The number of rotatable bonds is 3. The summed E-state index contributed by atoms with van der Waals surface area (Å²) in [5, 5.41) is 11.5. The molecule has 25 heavy (non-hydrogen) atoms. The average molecular weight is 379 g/mol. The van der Waals surface area contributed by atoms with Gasteiger partial charge in [-0.05, 0) is 6.07 Å². The first-order valence-corrected chi connectivity index (χ1v) is 8.52. The maximum Gasteiger partial charge on any atom is 0.223 e. The molecule has 7 nitrogen and oxygen atoms in total. The number of halogens is 2. The highest BCUT2D eigenvalue weighted by molar-refractivity contribution is 6.36. The van der Waals surface area contributed by atoms with Crippen LogP contribution in [0.4, 0.5) is 11.8 Å². The van der Waals surface area contributed by atoms with Gasteiger partial charge in [0.2, 0.25) is 5.95 Å². The Hall–Kier alpha value is -2.09. The van der Waals surface area contributed by atoms with Gasteiger partial charge in [0.25, 0.3) is 0 Å². The fraction of sp³-hybridized carbons (Fsp3) is 0.312. The summed E-state index contributed by atoms with van der Waals surface area (Å²) in [6, 6.07) is 1.94. The second-order valence-electron chi connectivity index (χ2n) is 6.13. The number of aliphatic hydroxyl groups is 1. The number of fused-ring (bicyclic) bond motifs is 2. The van der Waals surface area contributed by atoms with Crippen molar-refractivity contribution in [3.8, 4) is 0 Å². The number of aryl methyl sites for hydroxylation is 1. The van der Waals surface area contributed by atoms with E-state index in [1.165, 1.54) is 0 Å². The summed E-state index contributed by atoms with van der Waals surface area (Å²) in [7, 11) is 1.93. The van der Waals surface area contributed by atoms with Crippen LogP contribution in [0, 0.1) is 0 Å². The summed E-state index contributed by atoms with van der Waals surface area (Å²) in [6.07, 6.45) is 3.69. The summed E-state index contributed by atoms with van der Waals surface area (Å²) < 4.78 is 1.92. The predicted octanol–water partition coefficient (Wildman–Crippen LogP) is 2.35. The molecular formula is C16H16Cl2N6O. The zero-order chi connectivity index (χ0) is 17.7. The van der Waals surface area contributed by atoms with Crippen molar-refractivity contribution in [2.24, 2.45) is 7.05 Å². The lowest BCUT2D eigenvalue weighted by Crippen LogP contribution is -2.23. The molecule has 3 aromatic rings. The molecule has 130 valence electrons. The van der Waals surface area contributed by atoms with Gasteiger partial charge >= 0.3 is 0 Å². The average Bonchev–Trinajstić information content (AvgIpc) is 3.12. The first-order valence-electron chi connectivity index (χ1n) is 7.76. The number of nitrogens with zero attached hydrogens (tertiary/aromatic N) is 5. The van der Waals surface area contributed by atoms with E-state index in [1.54, 1.807) is 6.20 Å². The van der Waals surface area contributed by atoms with E-state index in [9.17, 15) is 5.11 Å². The maximum atomic E-state index is 9.68. The molecule has 1 aliphatic heterocycles. The molecule has 1 unspecified atom stereocenters. The van der Waals surface area contributed by atoms with Crippen molar-refractivity contribution >= 4 is 46.0 Å². The largest absolute Gasteiger partial charge is 0.396 e. The summed E-state index contributed by atoms with van der Waals surface area (Å²) >= 11 is 12.8. The molecule has 0 radical (unpaired) electrons. The highest BCUT2D eigenvalue weighted by Gasteiger charge is 2.33. The Labute approximate surface area is 154 Å². The molecule has 0 amide bonds. The normalized spacial score (nSPS) is 16.6. The van der Waals surface area contributed by atoms with Gasteiger partial charge in [-0.25, -0.2) is 9.97 Å². The monoisotopic (exact) mass is 378 g/mol. The smallest absolute Gasteiger partial charge is 0.223 e. The van der Waals surface area contributed by atoms with Crippen LogP contribution in [-0.4, -0.2) is 37.8 Å². The fourth-order valence-corrected chi connectivity index (χ4v) is 3.89. The Kier molecular flexibility index (Phi) is 3.94. The zero-order valence-corrected chi connectivity index (χ0v) is 15.0. The van der Waals surface area contributed by atoms with Gasteiger partial charge in [-0.3, -0.25) is 0 Å². The zero-order valence-electron chi connectivity index (χ0n) is 13.4. The van der Waals surface area contributed by atoms with Crippen LogP contribution >= 0.6 is 23.2 Å². The van der Waals surface area contributed by atoms with E-state index in [2.05, 4.69) is 15.0 Å². The number of nitrogens with two attached hydrogens (primary N) is 1. The molecule has 0 saturated heterocycles. The molecule has 0 aromatic carbocycles. The van der Waals surface area contributed by atoms with Crippen molar-refractivity contribution in [1.82, 2.24) is 19.5 Å². The topological polar surface area (TPSA) is 93.1 Å². The Morgan fingerprint density at radius 1 is 1.36 bits per heavy atom. The molecular weight excluding hydrogens is 363 g/mol. The second kappa shape index (κ2) is 6.01. The molecule has 4 rings (SSSR count). The second-order valence-corrected chi connectivity index (χ2v) is 6.87. The van der Waals surface area contributed by atoms with E-state index >= 15 is 0 Å². The minimum atomic E-state index is -0.157. The molecule has 1 aliphatic rings. The van der Waals surface area contributed by atoms with Crippen molar-refractivity contribution in [2.75, 3.05) is 23.8 Å². The van der Waals surface area contributed by atoms with Crippen LogP contribution in [0.3, 0.4) is 0 Å². The van der Waals surface area contributed by atoms with Gasteiger partial charge in [0.15, 0.2) is 0 Å². The Bertz CT molecular complexity index is 973. The van der Waals surface area contributed by atoms with E-state index in [0.29, 0.717) is 23.9 Å². The van der Waals surface area contributed by atoms with Gasteiger partial charge in [-0.15, -0.1) is 0 Å². The van der Waals surface area contributed by atoms with Crippen LogP contribution in [0.25, 0.3) is 11.0 Å². The number of anilines is 2. The third-order valence-electron chi connectivity index (χ3n) is 4.53. The summed E-state index contributed by atoms with van der Waals surface area (Å²) in [5.41, 5.74) is 8.17. The standard InChI is InChI=1S/C16H16Cl2N6O/c1-23-3-2-10-12(17)8(4-20-14(10)23)5-24-6-9(7-25)11-13(18)21-16(19)22-15(11)24/h2-4,9,25H,5-7H2,1H3,(H2,19,21,22). The van der Waals surface area contributed by atoms with Crippen LogP contribution in [0.1, 0.15) is 17.0 Å².